The van der Waals surface area contributed by atoms with Crippen molar-refractivity contribution < 1.29 is 19.9 Å². The van der Waals surface area contributed by atoms with E-state index in [2.05, 4.69) is 4.98 Å². The van der Waals surface area contributed by atoms with E-state index in [1.54, 1.807) is 0 Å². The van der Waals surface area contributed by atoms with Crippen LogP contribution in [0.25, 0.3) is 0 Å². The van der Waals surface area contributed by atoms with Crippen LogP contribution in [-0.4, -0.2) is 38.9 Å². The van der Waals surface area contributed by atoms with Gasteiger partial charge in [-0.15, -0.1) is 0 Å². The maximum Gasteiger partial charge on any atom is 0.309 e. The predicted octanol–water partition coefficient (Wildman–Crippen LogP) is -0.951. The third kappa shape index (κ3) is 2.43. The van der Waals surface area contributed by atoms with Crippen LogP contribution < -0.4 is 11.3 Å². The minimum atomic E-state index is -0.925. The van der Waals surface area contributed by atoms with Crippen molar-refractivity contribution in [3.8, 4) is 0 Å². The number of hydrogen-bond acceptors (Lipinski definition) is 7. The number of nitrogens with one attached hydrogen (secondary N) is 1. The lowest BCUT2D eigenvalue weighted by Gasteiger charge is -2.11. The quantitative estimate of drug-likeness (QED) is 0.408. The van der Waals surface area contributed by atoms with Crippen molar-refractivity contribution in [3.05, 3.63) is 32.1 Å². The molecule has 1 aliphatic heterocycles. The average molecular weight is 271 g/mol. The second kappa shape index (κ2) is 4.96. The molecule has 0 aromatic carbocycles. The molecule has 5 N–H and O–H groups in total. The molecule has 1 aliphatic rings. The van der Waals surface area contributed by atoms with Gasteiger partial charge in [0, 0.05) is 12.5 Å². The summed E-state index contributed by atoms with van der Waals surface area (Å²) in [4.78, 5) is 23.9. The number of aromatic nitrogens is 1. The Balaban J connectivity index is 2.38. The van der Waals surface area contributed by atoms with Gasteiger partial charge in [0.1, 0.15) is 6.10 Å². The van der Waals surface area contributed by atoms with E-state index >= 15 is 0 Å². The van der Waals surface area contributed by atoms with Gasteiger partial charge in [-0.3, -0.25) is 14.9 Å². The highest BCUT2D eigenvalue weighted by atomic mass is 16.6. The second-order valence-electron chi connectivity index (χ2n) is 4.26. The van der Waals surface area contributed by atoms with Crippen molar-refractivity contribution in [1.82, 2.24) is 4.98 Å². The Labute approximate surface area is 106 Å². The molecule has 2 rings (SSSR count). The maximum absolute atomic E-state index is 11.7. The van der Waals surface area contributed by atoms with Crippen LogP contribution in [0.5, 0.6) is 0 Å². The molecule has 0 bridgehead atoms. The van der Waals surface area contributed by atoms with Crippen LogP contribution in [0.1, 0.15) is 18.1 Å². The molecule has 0 saturated carbocycles. The van der Waals surface area contributed by atoms with Crippen molar-refractivity contribution in [2.45, 2.75) is 24.7 Å². The van der Waals surface area contributed by atoms with Crippen molar-refractivity contribution in [1.29, 1.82) is 0 Å². The van der Waals surface area contributed by atoms with Crippen molar-refractivity contribution in [2.75, 3.05) is 12.3 Å². The van der Waals surface area contributed by atoms with Gasteiger partial charge in [-0.1, -0.05) is 0 Å². The topological polar surface area (TPSA) is 152 Å². The van der Waals surface area contributed by atoms with E-state index in [0.29, 0.717) is 0 Å². The SMILES string of the molecule is Nc1[nH]c(=O)c(C2C[C@H](O)[C@@H](CO)O2)cc1[N+](=O)[O-]. The van der Waals surface area contributed by atoms with Gasteiger partial charge in [-0.05, 0) is 0 Å². The van der Waals surface area contributed by atoms with E-state index in [0.717, 1.165) is 6.07 Å². The second-order valence-corrected chi connectivity index (χ2v) is 4.26. The highest BCUT2D eigenvalue weighted by Crippen LogP contribution is 2.33. The minimum Gasteiger partial charge on any atom is -0.394 e. The molecule has 0 radical (unpaired) electrons. The number of H-pyrrole nitrogens is 1. The van der Waals surface area contributed by atoms with E-state index in [-0.39, 0.29) is 17.8 Å². The molecule has 1 aromatic heterocycles. The van der Waals surface area contributed by atoms with Crippen molar-refractivity contribution >= 4 is 11.5 Å². The van der Waals surface area contributed by atoms with Gasteiger partial charge in [0.05, 0.1) is 29.3 Å². The number of nitrogens with two attached hydrogens (primary N) is 1. The van der Waals surface area contributed by atoms with Crippen molar-refractivity contribution in [3.63, 3.8) is 0 Å². The molecular formula is C10H13N3O6. The minimum absolute atomic E-state index is 0.0101. The molecule has 9 heteroatoms. The number of aliphatic hydroxyl groups excluding tert-OH is 2. The monoisotopic (exact) mass is 271 g/mol. The largest absolute Gasteiger partial charge is 0.394 e. The molecule has 9 nitrogen and oxygen atoms in total. The normalized spacial score (nSPS) is 26.5. The molecule has 1 aromatic rings. The zero-order valence-electron chi connectivity index (χ0n) is 9.78. The van der Waals surface area contributed by atoms with E-state index in [4.69, 9.17) is 15.6 Å². The number of nitro groups is 1. The van der Waals surface area contributed by atoms with Gasteiger partial charge in [-0.25, -0.2) is 0 Å². The Bertz CT molecular complexity index is 557. The standard InChI is InChI=1S/C10H13N3O6/c11-9-5(13(17)18)1-4(10(16)12-9)7-2-6(15)8(3-14)19-7/h1,6-8,14-15H,2-3H2,(H3,11,12,16)/t6-,7?,8+/m0/s1. The summed E-state index contributed by atoms with van der Waals surface area (Å²) in [6.07, 6.45) is -2.46. The number of aliphatic hydroxyl groups is 2. The molecule has 1 saturated heterocycles. The van der Waals surface area contributed by atoms with Gasteiger partial charge >= 0.3 is 5.69 Å². The number of ether oxygens (including phenoxy) is 1. The molecule has 19 heavy (non-hydrogen) atoms. The predicted molar refractivity (Wildman–Crippen MR) is 63.5 cm³/mol. The van der Waals surface area contributed by atoms with E-state index in [1.807, 2.05) is 0 Å². The van der Waals surface area contributed by atoms with Crippen LogP contribution >= 0.6 is 0 Å². The van der Waals surface area contributed by atoms with Gasteiger partial charge in [-0.2, -0.15) is 0 Å². The summed E-state index contributed by atoms with van der Waals surface area (Å²) in [5.41, 5.74) is 4.31. The average Bonchev–Trinajstić information content (AvgIpc) is 2.69. The first-order valence-corrected chi connectivity index (χ1v) is 5.55. The first kappa shape index (κ1) is 13.5. The Hall–Kier alpha value is -1.97. The van der Waals surface area contributed by atoms with Gasteiger partial charge in [0.2, 0.25) is 0 Å². The Morgan fingerprint density at radius 2 is 2.32 bits per heavy atom. The maximum atomic E-state index is 11.7. The number of rotatable bonds is 3. The van der Waals surface area contributed by atoms with E-state index in [9.17, 15) is 20.0 Å². The number of pyridine rings is 1. The summed E-state index contributed by atoms with van der Waals surface area (Å²) in [5, 5.41) is 29.3. The Morgan fingerprint density at radius 1 is 1.63 bits per heavy atom. The summed E-state index contributed by atoms with van der Waals surface area (Å²) >= 11 is 0. The highest BCUT2D eigenvalue weighted by molar-refractivity contribution is 5.53. The van der Waals surface area contributed by atoms with Gasteiger partial charge in [0.15, 0.2) is 5.82 Å². The van der Waals surface area contributed by atoms with E-state index in [1.165, 1.54) is 0 Å². The lowest BCUT2D eigenvalue weighted by molar-refractivity contribution is -0.384. The lowest BCUT2D eigenvalue weighted by Crippen LogP contribution is -2.24. The summed E-state index contributed by atoms with van der Waals surface area (Å²) in [7, 11) is 0. The molecule has 0 spiro atoms. The Kier molecular flexibility index (Phi) is 3.51. The smallest absolute Gasteiger partial charge is 0.309 e. The van der Waals surface area contributed by atoms with Crippen LogP contribution in [0.2, 0.25) is 0 Å². The molecule has 0 amide bonds. The van der Waals surface area contributed by atoms with Crippen LogP contribution in [0.3, 0.4) is 0 Å². The first-order chi connectivity index (χ1) is 8.93. The zero-order chi connectivity index (χ0) is 14.2. The number of hydrogen-bond donors (Lipinski definition) is 4. The van der Waals surface area contributed by atoms with Crippen molar-refractivity contribution in [2.24, 2.45) is 0 Å². The fraction of sp³-hybridized carbons (Fsp3) is 0.500. The molecule has 2 heterocycles. The van der Waals surface area contributed by atoms with Gasteiger partial charge in [0.25, 0.3) is 5.56 Å². The molecule has 0 aliphatic carbocycles. The fourth-order valence-electron chi connectivity index (χ4n) is 2.03. The summed E-state index contributed by atoms with van der Waals surface area (Å²) < 4.78 is 5.28. The molecule has 1 unspecified atom stereocenters. The van der Waals surface area contributed by atoms with Crippen LogP contribution in [0, 0.1) is 10.1 Å². The van der Waals surface area contributed by atoms with Gasteiger partial charge < -0.3 is 25.7 Å². The molecule has 104 valence electrons. The number of nitrogens with zero attached hydrogens (tertiary/aromatic N) is 1. The van der Waals surface area contributed by atoms with E-state index < -0.39 is 41.1 Å². The third-order valence-corrected chi connectivity index (χ3v) is 3.03. The number of nitrogen functional groups attached to an aromatic ring is 1. The first-order valence-electron chi connectivity index (χ1n) is 5.55. The third-order valence-electron chi connectivity index (χ3n) is 3.03. The van der Waals surface area contributed by atoms with Crippen LogP contribution in [0.15, 0.2) is 10.9 Å². The highest BCUT2D eigenvalue weighted by Gasteiger charge is 2.36. The zero-order valence-corrected chi connectivity index (χ0v) is 9.78. The van der Waals surface area contributed by atoms with Crippen LogP contribution in [0.4, 0.5) is 11.5 Å². The molecule has 3 atom stereocenters. The number of anilines is 1. The number of aromatic amines is 1. The lowest BCUT2D eigenvalue weighted by atomic mass is 10.1. The Morgan fingerprint density at radius 3 is 2.84 bits per heavy atom. The summed E-state index contributed by atoms with van der Waals surface area (Å²) in [5.74, 6) is -0.337. The fourth-order valence-corrected chi connectivity index (χ4v) is 2.03. The summed E-state index contributed by atoms with van der Waals surface area (Å²) in [6.45, 7) is -0.396. The molecule has 1 fully saturated rings. The molecular weight excluding hydrogens is 258 g/mol. The summed E-state index contributed by atoms with van der Waals surface area (Å²) in [6, 6.07) is 1.03. The van der Waals surface area contributed by atoms with Crippen LogP contribution in [-0.2, 0) is 4.74 Å².